The van der Waals surface area contributed by atoms with E-state index in [-0.39, 0.29) is 20.9 Å². The number of nitrogens with zero attached hydrogens (tertiary/aromatic N) is 2. The predicted octanol–water partition coefficient (Wildman–Crippen LogP) is 7.86. The van der Waals surface area contributed by atoms with Gasteiger partial charge in [-0.15, -0.1) is 0 Å². The number of methoxy groups -OCH3 is 2. The number of fused-ring (bicyclic) bond motifs is 4. The van der Waals surface area contributed by atoms with Gasteiger partial charge in [-0.05, 0) is 97.3 Å². The van der Waals surface area contributed by atoms with E-state index in [9.17, 15) is 0 Å². The maximum absolute atomic E-state index is 16.5. The monoisotopic (exact) mass is 746 g/mol. The molecule has 2 aliphatic carbocycles. The Kier molecular flexibility index (Phi) is 7.96. The molecule has 14 heteroatoms. The van der Waals surface area contributed by atoms with Crippen molar-refractivity contribution in [1.29, 1.82) is 0 Å². The second-order valence-corrected chi connectivity index (χ2v) is 15.3. The van der Waals surface area contributed by atoms with Gasteiger partial charge in [0.1, 0.15) is 11.5 Å². The largest absolute Gasteiger partial charge is 0.497 e. The van der Waals surface area contributed by atoms with Crippen molar-refractivity contribution in [2.24, 2.45) is 0 Å². The molecule has 8 rings (SSSR count). The van der Waals surface area contributed by atoms with Gasteiger partial charge >= 0.3 is 31.5 Å². The minimum atomic E-state index is -5.70. The van der Waals surface area contributed by atoms with Gasteiger partial charge in [0.25, 0.3) is 0 Å². The average molecular weight is 746 g/mol. The summed E-state index contributed by atoms with van der Waals surface area (Å²) in [5, 5.41) is 0. The van der Waals surface area contributed by atoms with Crippen molar-refractivity contribution in [3.8, 4) is 11.5 Å². The first kappa shape index (κ1) is 34.5. The van der Waals surface area contributed by atoms with Gasteiger partial charge in [-0.2, -0.15) is 49.0 Å². The molecule has 4 nitrogen and oxygen atoms in total. The average Bonchev–Trinajstić information content (AvgIpc) is 3.77. The topological polar surface area (TPSA) is 24.9 Å². The Bertz CT molecular complexity index is 2070. The van der Waals surface area contributed by atoms with Crippen LogP contribution in [0.2, 0.25) is 0 Å². The summed E-state index contributed by atoms with van der Waals surface area (Å²) in [4.78, 5) is 4.17. The summed E-state index contributed by atoms with van der Waals surface area (Å²) in [5.74, 6) is -11.4. The Morgan fingerprint density at radius 3 is 1.31 bits per heavy atom. The molecule has 2 aliphatic heterocycles. The van der Waals surface area contributed by atoms with E-state index in [0.29, 0.717) is 32.2 Å². The first-order chi connectivity index (χ1) is 24.8. The van der Waals surface area contributed by atoms with Crippen LogP contribution in [0, 0.1) is 0 Å². The van der Waals surface area contributed by atoms with E-state index < -0.39 is 48.0 Å². The van der Waals surface area contributed by atoms with Crippen molar-refractivity contribution >= 4 is 57.1 Å². The highest BCUT2D eigenvalue weighted by atomic mass is 32.1. The highest BCUT2D eigenvalue weighted by molar-refractivity contribution is 7.26. The molecule has 4 heterocycles. The molecule has 2 aromatic heterocycles. The van der Waals surface area contributed by atoms with Crippen LogP contribution in [0.4, 0.5) is 26.3 Å². The number of thiophene rings is 2. The van der Waals surface area contributed by atoms with Gasteiger partial charge in [0.2, 0.25) is 0 Å². The molecule has 0 atom stereocenters. The fraction of sp³-hybridized carbons (Fsp3) is 0.211. The highest BCUT2D eigenvalue weighted by Crippen LogP contribution is 2.69. The zero-order chi connectivity index (χ0) is 36.8. The molecule has 4 aliphatic rings. The van der Waals surface area contributed by atoms with Crippen molar-refractivity contribution in [3.05, 3.63) is 141 Å². The Labute approximate surface area is 305 Å². The number of ether oxygens (including phenoxy) is 2. The Morgan fingerprint density at radius 2 is 0.962 bits per heavy atom. The van der Waals surface area contributed by atoms with Gasteiger partial charge in [0, 0.05) is 30.5 Å². The fourth-order valence-electron chi connectivity index (χ4n) is 7.71. The van der Waals surface area contributed by atoms with E-state index in [1.807, 2.05) is 33.7 Å². The van der Waals surface area contributed by atoms with Crippen LogP contribution in [-0.4, -0.2) is 69.4 Å². The van der Waals surface area contributed by atoms with Gasteiger partial charge < -0.3 is 19.1 Å². The fourth-order valence-corrected chi connectivity index (χ4v) is 10.9. The van der Waals surface area contributed by atoms with E-state index in [4.69, 9.17) is 9.47 Å². The van der Waals surface area contributed by atoms with Crippen LogP contribution in [0.5, 0.6) is 11.5 Å². The molecule has 4 aromatic rings. The van der Waals surface area contributed by atoms with Crippen molar-refractivity contribution in [3.63, 3.8) is 0 Å². The lowest BCUT2D eigenvalue weighted by Gasteiger charge is -2.36. The second kappa shape index (κ2) is 12.0. The molecular weight excluding hydrogens is 716 g/mol. The van der Waals surface area contributed by atoms with Gasteiger partial charge in [-0.1, -0.05) is 48.4 Å². The molecule has 2 aromatic carbocycles. The lowest BCUT2D eigenvalue weighted by atomic mass is 9.58. The van der Waals surface area contributed by atoms with Gasteiger partial charge in [-0.25, -0.2) is 0 Å². The third kappa shape index (κ3) is 4.62. The number of allylic oxidation sites excluding steroid dienone is 6. The minimum Gasteiger partial charge on any atom is -0.497 e. The summed E-state index contributed by atoms with van der Waals surface area (Å²) in [5.41, 5.74) is -3.77. The van der Waals surface area contributed by atoms with E-state index >= 15 is 26.3 Å². The molecule has 0 bridgehead atoms. The maximum atomic E-state index is 16.5. The number of benzene rings is 2. The van der Waals surface area contributed by atoms with Crippen molar-refractivity contribution < 1.29 is 35.8 Å². The molecule has 0 fully saturated rings. The zero-order valence-electron chi connectivity index (χ0n) is 28.3. The van der Waals surface area contributed by atoms with Gasteiger partial charge in [0.05, 0.1) is 19.6 Å². The molecule has 0 N–H and O–H groups in total. The summed E-state index contributed by atoms with van der Waals surface area (Å²) in [6, 6.07) is 16.8. The molecule has 0 radical (unpaired) electrons. The molecular formula is C38H30B2F6N2O2S2. The molecule has 0 unspecified atom stereocenters. The van der Waals surface area contributed by atoms with E-state index in [0.717, 1.165) is 22.7 Å². The molecule has 0 spiro atoms. The van der Waals surface area contributed by atoms with Crippen LogP contribution in [0.15, 0.2) is 109 Å². The highest BCUT2D eigenvalue weighted by Gasteiger charge is 2.81. The molecule has 0 saturated heterocycles. The van der Waals surface area contributed by atoms with E-state index in [1.165, 1.54) is 26.4 Å². The lowest BCUT2D eigenvalue weighted by molar-refractivity contribution is -0.254. The van der Waals surface area contributed by atoms with Crippen LogP contribution in [0.25, 0.3) is 11.1 Å². The zero-order valence-corrected chi connectivity index (χ0v) is 30.0. The number of hydrogen-bond acceptors (Lipinski definition) is 6. The van der Waals surface area contributed by atoms with E-state index in [2.05, 4.69) is 0 Å². The quantitative estimate of drug-likeness (QED) is 0.148. The number of alkyl halides is 6. The van der Waals surface area contributed by atoms with Crippen LogP contribution in [0.1, 0.15) is 32.0 Å². The van der Waals surface area contributed by atoms with E-state index in [1.54, 1.807) is 87.2 Å². The van der Waals surface area contributed by atoms with Crippen molar-refractivity contribution in [1.82, 2.24) is 9.62 Å². The SMILES string of the molecule is COc1ccc(C2(c3ccc(OC)cc3)c3sc(B4C=CC=CN4C)cc3C3=C(c4cc(B5C=CC=CN5C)sc42)C(F)(F)C(F)(F)C3(F)F)cc1. The van der Waals surface area contributed by atoms with Crippen molar-refractivity contribution in [2.75, 3.05) is 28.3 Å². The van der Waals surface area contributed by atoms with Crippen LogP contribution in [-0.2, 0) is 5.41 Å². The van der Waals surface area contributed by atoms with Gasteiger partial charge in [-0.3, -0.25) is 0 Å². The van der Waals surface area contributed by atoms with Crippen LogP contribution >= 0.6 is 22.7 Å². The second-order valence-electron chi connectivity index (χ2n) is 13.1. The van der Waals surface area contributed by atoms with Crippen LogP contribution in [0.3, 0.4) is 0 Å². The first-order valence-electron chi connectivity index (χ1n) is 16.4. The smallest absolute Gasteiger partial charge is 0.380 e. The predicted molar refractivity (Wildman–Crippen MR) is 198 cm³/mol. The molecule has 52 heavy (non-hydrogen) atoms. The van der Waals surface area contributed by atoms with Gasteiger partial charge in [0.15, 0.2) is 0 Å². The summed E-state index contributed by atoms with van der Waals surface area (Å²) in [7, 11) is 6.63. The standard InChI is InChI=1S/C38H30B2F6N2O2S2/c1-47-19-7-5-17-39(47)29-21-27-31-32(37(43,44)38(45,46)36(31,41)42)28-22-30(40-18-6-8-20-48(40)2)52-34(28)35(33(27)51-29,23-9-13-25(49-3)14-10-23)24-11-15-26(50-4)16-12-24/h5-22H,1-4H3. The lowest BCUT2D eigenvalue weighted by Crippen LogP contribution is -2.49. The number of hydrogen-bond donors (Lipinski definition) is 0. The first-order valence-corrected chi connectivity index (χ1v) is 18.0. The summed E-state index contributed by atoms with van der Waals surface area (Å²) in [6.45, 7) is -0.949. The minimum absolute atomic E-state index is 0.231. The number of halogens is 6. The Balaban J connectivity index is 1.57. The normalized spacial score (nSPS) is 20.2. The molecule has 0 saturated carbocycles. The number of rotatable bonds is 6. The van der Waals surface area contributed by atoms with Crippen molar-refractivity contribution in [2.45, 2.75) is 23.2 Å². The maximum Gasteiger partial charge on any atom is 0.380 e. The Hall–Kier alpha value is -4.55. The molecule has 0 amide bonds. The third-order valence-electron chi connectivity index (χ3n) is 10.3. The van der Waals surface area contributed by atoms with Crippen LogP contribution < -0.4 is 19.0 Å². The summed E-state index contributed by atoms with van der Waals surface area (Å²) in [6.07, 6.45) is 10.8. The molecule has 264 valence electrons. The Morgan fingerprint density at radius 1 is 0.577 bits per heavy atom. The summed E-state index contributed by atoms with van der Waals surface area (Å²) < 4.78 is 110. The summed E-state index contributed by atoms with van der Waals surface area (Å²) >= 11 is 2.32. The third-order valence-corrected chi connectivity index (χ3v) is 13.0.